The normalized spacial score (nSPS) is 22.7. The van der Waals surface area contributed by atoms with Crippen molar-refractivity contribution in [1.82, 2.24) is 25.9 Å². The summed E-state index contributed by atoms with van der Waals surface area (Å²) in [6, 6.07) is 5.85. The first-order valence-electron chi connectivity index (χ1n) is 10.1. The first kappa shape index (κ1) is 19.4. The van der Waals surface area contributed by atoms with Gasteiger partial charge >= 0.3 is 0 Å². The van der Waals surface area contributed by atoms with E-state index < -0.39 is 0 Å². The number of aliphatic hydroxyl groups excluding tert-OH is 1. The number of nitrogens with one attached hydrogen (secondary N) is 2. The molecule has 1 amide bonds. The van der Waals surface area contributed by atoms with Gasteiger partial charge in [-0.1, -0.05) is 11.3 Å². The molecule has 2 aliphatic rings. The van der Waals surface area contributed by atoms with E-state index in [1.807, 2.05) is 18.2 Å². The summed E-state index contributed by atoms with van der Waals surface area (Å²) in [5, 5.41) is 26.6. The van der Waals surface area contributed by atoms with Crippen LogP contribution in [0.25, 0.3) is 0 Å². The molecule has 1 aliphatic carbocycles. The van der Waals surface area contributed by atoms with E-state index in [1.165, 1.54) is 0 Å². The Kier molecular flexibility index (Phi) is 6.06. The third-order valence-corrected chi connectivity index (χ3v) is 5.61. The van der Waals surface area contributed by atoms with Crippen LogP contribution in [0.3, 0.4) is 0 Å². The Morgan fingerprint density at radius 2 is 2.24 bits per heavy atom. The molecule has 8 nitrogen and oxygen atoms in total. The monoisotopic (exact) mass is 395 g/mol. The summed E-state index contributed by atoms with van der Waals surface area (Å²) in [4.78, 5) is 12.2. The first-order valence-corrected chi connectivity index (χ1v) is 10.1. The van der Waals surface area contributed by atoms with Crippen molar-refractivity contribution >= 4 is 5.91 Å². The van der Waals surface area contributed by atoms with Gasteiger partial charge in [-0.2, -0.15) is 5.21 Å². The van der Waals surface area contributed by atoms with Crippen molar-refractivity contribution in [1.29, 1.82) is 0 Å². The third kappa shape index (κ3) is 4.74. The number of unbranched alkanes of at least 4 members (excludes halogenated alkanes) is 1. The summed E-state index contributed by atoms with van der Waals surface area (Å²) in [6.07, 6.45) is 4.18. The average molecular weight is 395 g/mol. The fraction of sp³-hybridized carbons (Fsp3) is 0.524. The van der Waals surface area contributed by atoms with Crippen LogP contribution in [-0.4, -0.2) is 44.8 Å². The number of aliphatic hydroxyl groups is 1. The summed E-state index contributed by atoms with van der Waals surface area (Å²) in [5.41, 5.74) is 2.15. The summed E-state index contributed by atoms with van der Waals surface area (Å²) < 4.78 is 5.97. The van der Waals surface area contributed by atoms with Crippen LogP contribution in [0.15, 0.2) is 18.2 Å². The zero-order valence-corrected chi connectivity index (χ0v) is 16.2. The van der Waals surface area contributed by atoms with Crippen molar-refractivity contribution < 1.29 is 14.6 Å². The number of nitrogens with zero attached hydrogens (tertiary/aromatic N) is 3. The van der Waals surface area contributed by atoms with Gasteiger partial charge in [-0.3, -0.25) is 4.79 Å². The number of benzene rings is 1. The van der Waals surface area contributed by atoms with Crippen LogP contribution >= 0.6 is 0 Å². The lowest BCUT2D eigenvalue weighted by atomic mass is 9.93. The fourth-order valence-corrected chi connectivity index (χ4v) is 3.91. The molecule has 2 aromatic rings. The van der Waals surface area contributed by atoms with Crippen molar-refractivity contribution in [2.24, 2.45) is 11.8 Å². The number of carbonyl (C=O) groups is 1. The molecule has 29 heavy (non-hydrogen) atoms. The van der Waals surface area contributed by atoms with E-state index in [9.17, 15) is 9.90 Å². The molecule has 0 spiro atoms. The van der Waals surface area contributed by atoms with Crippen molar-refractivity contribution in [3.8, 4) is 17.6 Å². The molecule has 1 saturated heterocycles. The largest absolute Gasteiger partial charge is 0.493 e. The van der Waals surface area contributed by atoms with Gasteiger partial charge in [0.2, 0.25) is 5.91 Å². The number of aryl methyl sites for hydroxylation is 2. The topological polar surface area (TPSA) is 113 Å². The van der Waals surface area contributed by atoms with E-state index in [0.717, 1.165) is 49.0 Å². The summed E-state index contributed by atoms with van der Waals surface area (Å²) in [7, 11) is 0. The molecule has 8 heteroatoms. The molecular weight excluding hydrogens is 370 g/mol. The summed E-state index contributed by atoms with van der Waals surface area (Å²) in [6.45, 7) is 1.09. The maximum atomic E-state index is 12.2. The number of H-pyrrole nitrogens is 1. The minimum absolute atomic E-state index is 0.0526. The van der Waals surface area contributed by atoms with Gasteiger partial charge in [0, 0.05) is 31.7 Å². The van der Waals surface area contributed by atoms with Crippen LogP contribution in [0.2, 0.25) is 0 Å². The smallest absolute Gasteiger partial charge is 0.224 e. The van der Waals surface area contributed by atoms with Crippen molar-refractivity contribution in [2.45, 2.75) is 44.6 Å². The molecular formula is C21H25N5O3. The highest BCUT2D eigenvalue weighted by atomic mass is 16.5. The maximum Gasteiger partial charge on any atom is 0.224 e. The van der Waals surface area contributed by atoms with Gasteiger partial charge in [-0.15, -0.1) is 22.0 Å². The second kappa shape index (κ2) is 9.05. The predicted octanol–water partition coefficient (Wildman–Crippen LogP) is 1.34. The Morgan fingerprint density at radius 3 is 3.10 bits per heavy atom. The number of carbonyl (C=O) groups excluding carboxylic acids is 1. The van der Waals surface area contributed by atoms with E-state index in [4.69, 9.17) is 4.74 Å². The Balaban J connectivity index is 1.24. The second-order valence-electron chi connectivity index (χ2n) is 7.58. The molecule has 1 fully saturated rings. The Morgan fingerprint density at radius 1 is 1.31 bits per heavy atom. The summed E-state index contributed by atoms with van der Waals surface area (Å²) >= 11 is 0. The number of hydrogen-bond acceptors (Lipinski definition) is 6. The number of fused-ring (bicyclic) bond motifs is 1. The van der Waals surface area contributed by atoms with E-state index >= 15 is 0 Å². The van der Waals surface area contributed by atoms with E-state index in [2.05, 4.69) is 37.8 Å². The number of amides is 1. The molecule has 2 heterocycles. The molecule has 152 valence electrons. The summed E-state index contributed by atoms with van der Waals surface area (Å²) in [5.74, 6) is 7.79. The fourth-order valence-electron chi connectivity index (χ4n) is 3.91. The molecule has 1 aromatic carbocycles. The third-order valence-electron chi connectivity index (χ3n) is 5.61. The highest BCUT2D eigenvalue weighted by Gasteiger charge is 2.34. The van der Waals surface area contributed by atoms with E-state index in [-0.39, 0.29) is 23.8 Å². The molecule has 4 rings (SSSR count). The molecule has 0 bridgehead atoms. The standard InChI is InChI=1S/C21H25N5O3/c27-19-10-7-14-11-16(8-9-17(14)19)29-13-15-12-22-21(28)18(15)5-3-1-2-4-6-20-23-25-26-24-20/h8-9,11,15,18-19,27H,2,4-7,10,12-13H2,(H,22,28)(H,23,24,25,26)/t15-,18-,19?/m1/s1. The molecule has 3 N–H and O–H groups in total. The maximum absolute atomic E-state index is 12.2. The van der Waals surface area contributed by atoms with E-state index in [0.29, 0.717) is 25.4 Å². The molecule has 0 radical (unpaired) electrons. The lowest BCUT2D eigenvalue weighted by molar-refractivity contribution is -0.122. The quantitative estimate of drug-likeness (QED) is 0.482. The Hall–Kier alpha value is -2.92. The molecule has 1 unspecified atom stereocenters. The van der Waals surface area contributed by atoms with Gasteiger partial charge in [0.1, 0.15) is 5.75 Å². The van der Waals surface area contributed by atoms with Gasteiger partial charge in [-0.25, -0.2) is 0 Å². The van der Waals surface area contributed by atoms with Crippen LogP contribution in [0.4, 0.5) is 0 Å². The van der Waals surface area contributed by atoms with Gasteiger partial charge < -0.3 is 15.2 Å². The van der Waals surface area contributed by atoms with E-state index in [1.54, 1.807) is 0 Å². The van der Waals surface area contributed by atoms with Crippen LogP contribution < -0.4 is 10.1 Å². The molecule has 1 aromatic heterocycles. The van der Waals surface area contributed by atoms with Crippen LogP contribution in [-0.2, 0) is 17.6 Å². The Labute approximate surface area is 169 Å². The SMILES string of the molecule is O=C1NC[C@H](COc2ccc3c(c2)CCC3O)[C@H]1CC#CCCCc1nn[nH]n1. The minimum atomic E-state index is -0.356. The number of aromatic nitrogens is 4. The number of aromatic amines is 1. The Bertz CT molecular complexity index is 903. The average Bonchev–Trinajstić information content (AvgIpc) is 3.45. The predicted molar refractivity (Wildman–Crippen MR) is 105 cm³/mol. The minimum Gasteiger partial charge on any atom is -0.493 e. The van der Waals surface area contributed by atoms with Crippen LogP contribution in [0.1, 0.15) is 48.7 Å². The number of hydrogen-bond donors (Lipinski definition) is 3. The van der Waals surface area contributed by atoms with Crippen LogP contribution in [0.5, 0.6) is 5.75 Å². The zero-order valence-electron chi connectivity index (χ0n) is 16.2. The highest BCUT2D eigenvalue weighted by Crippen LogP contribution is 2.33. The van der Waals surface area contributed by atoms with Gasteiger partial charge in [0.25, 0.3) is 0 Å². The van der Waals surface area contributed by atoms with Gasteiger partial charge in [-0.05, 0) is 42.5 Å². The van der Waals surface area contributed by atoms with Gasteiger partial charge in [0.05, 0.1) is 18.6 Å². The van der Waals surface area contributed by atoms with Crippen molar-refractivity contribution in [3.05, 3.63) is 35.2 Å². The lowest BCUT2D eigenvalue weighted by Gasteiger charge is -2.16. The lowest BCUT2D eigenvalue weighted by Crippen LogP contribution is -2.22. The molecule has 0 saturated carbocycles. The molecule has 1 aliphatic heterocycles. The second-order valence-corrected chi connectivity index (χ2v) is 7.58. The van der Waals surface area contributed by atoms with Gasteiger partial charge in [0.15, 0.2) is 5.82 Å². The van der Waals surface area contributed by atoms with Crippen molar-refractivity contribution in [3.63, 3.8) is 0 Å². The highest BCUT2D eigenvalue weighted by molar-refractivity contribution is 5.81. The number of tetrazole rings is 1. The first-order chi connectivity index (χ1) is 14.2. The van der Waals surface area contributed by atoms with Crippen molar-refractivity contribution in [2.75, 3.05) is 13.2 Å². The number of ether oxygens (including phenoxy) is 1. The molecule has 3 atom stereocenters. The van der Waals surface area contributed by atoms with Crippen LogP contribution in [0, 0.1) is 23.7 Å². The zero-order chi connectivity index (χ0) is 20.1. The number of rotatable bonds is 7.